The molecule has 2 rings (SSSR count). The summed E-state index contributed by atoms with van der Waals surface area (Å²) in [4.78, 5) is 12.2. The third kappa shape index (κ3) is 3.12. The van der Waals surface area contributed by atoms with Gasteiger partial charge in [-0.3, -0.25) is 4.79 Å². The van der Waals surface area contributed by atoms with Crippen LogP contribution in [0, 0.1) is 0 Å². The summed E-state index contributed by atoms with van der Waals surface area (Å²) in [5, 5.41) is 4.16. The normalized spacial score (nSPS) is 11.9. The second-order valence-electron chi connectivity index (χ2n) is 6.59. The first kappa shape index (κ1) is 15.6. The Bertz CT molecular complexity index is 651. The molecule has 0 unspecified atom stereocenters. The van der Waals surface area contributed by atoms with Crippen molar-refractivity contribution in [2.45, 2.75) is 59.5 Å². The van der Waals surface area contributed by atoms with Crippen molar-refractivity contribution in [2.24, 2.45) is 0 Å². The van der Waals surface area contributed by atoms with Crippen LogP contribution in [0.4, 0.5) is 0 Å². The quantitative estimate of drug-likeness (QED) is 0.883. The fourth-order valence-electron chi connectivity index (χ4n) is 2.75. The number of nitrogens with zero attached hydrogens (tertiary/aromatic N) is 1. The number of benzene rings is 1. The first-order valence-electron chi connectivity index (χ1n) is 7.77. The molecule has 114 valence electrons. The zero-order valence-electron chi connectivity index (χ0n) is 13.9. The van der Waals surface area contributed by atoms with Crippen molar-refractivity contribution in [1.82, 2.24) is 9.88 Å². The summed E-state index contributed by atoms with van der Waals surface area (Å²) in [5.74, 6) is 0.460. The maximum absolute atomic E-state index is 12.2. The van der Waals surface area contributed by atoms with Gasteiger partial charge in [-0.05, 0) is 57.2 Å². The molecular weight excluding hydrogens is 260 g/mol. The van der Waals surface area contributed by atoms with E-state index in [2.05, 4.69) is 49.7 Å². The van der Waals surface area contributed by atoms with Crippen molar-refractivity contribution >= 4 is 16.8 Å². The van der Waals surface area contributed by atoms with E-state index in [9.17, 15) is 4.79 Å². The second kappa shape index (κ2) is 5.92. The third-order valence-corrected chi connectivity index (χ3v) is 3.66. The van der Waals surface area contributed by atoms with Crippen molar-refractivity contribution in [3.05, 3.63) is 35.5 Å². The molecule has 1 heterocycles. The van der Waals surface area contributed by atoms with Crippen LogP contribution >= 0.6 is 0 Å². The Morgan fingerprint density at radius 2 is 1.71 bits per heavy atom. The highest BCUT2D eigenvalue weighted by atomic mass is 16.1. The molecule has 0 aliphatic carbocycles. The first-order chi connectivity index (χ1) is 9.81. The Balaban J connectivity index is 2.56. The first-order valence-corrected chi connectivity index (χ1v) is 7.77. The summed E-state index contributed by atoms with van der Waals surface area (Å²) in [6.07, 6.45) is 0. The van der Waals surface area contributed by atoms with Crippen LogP contribution in [0.5, 0.6) is 0 Å². The van der Waals surface area contributed by atoms with E-state index < -0.39 is 0 Å². The number of amides is 1. The van der Waals surface area contributed by atoms with Crippen LogP contribution in [-0.2, 0) is 0 Å². The van der Waals surface area contributed by atoms with Crippen molar-refractivity contribution in [1.29, 1.82) is 0 Å². The molecular formula is C18H26N2O. The Morgan fingerprint density at radius 1 is 1.05 bits per heavy atom. The van der Waals surface area contributed by atoms with E-state index >= 15 is 0 Å². The molecule has 0 saturated heterocycles. The van der Waals surface area contributed by atoms with Crippen LogP contribution in [-0.4, -0.2) is 16.5 Å². The van der Waals surface area contributed by atoms with Gasteiger partial charge in [-0.25, -0.2) is 0 Å². The number of fused-ring (bicyclic) bond motifs is 1. The molecule has 3 heteroatoms. The van der Waals surface area contributed by atoms with Gasteiger partial charge in [0.25, 0.3) is 5.91 Å². The summed E-state index contributed by atoms with van der Waals surface area (Å²) in [5.41, 5.74) is 3.19. The van der Waals surface area contributed by atoms with Gasteiger partial charge < -0.3 is 9.88 Å². The summed E-state index contributed by atoms with van der Waals surface area (Å²) < 4.78 is 2.34. The van der Waals surface area contributed by atoms with Crippen molar-refractivity contribution in [3.8, 4) is 0 Å². The van der Waals surface area contributed by atoms with E-state index in [0.29, 0.717) is 12.0 Å². The van der Waals surface area contributed by atoms with Crippen LogP contribution in [0.2, 0.25) is 0 Å². The van der Waals surface area contributed by atoms with Crippen LogP contribution in [0.15, 0.2) is 24.3 Å². The molecule has 0 radical (unpaired) electrons. The smallest absolute Gasteiger partial charge is 0.251 e. The molecule has 0 spiro atoms. The van der Waals surface area contributed by atoms with E-state index in [4.69, 9.17) is 0 Å². The molecule has 21 heavy (non-hydrogen) atoms. The van der Waals surface area contributed by atoms with Crippen LogP contribution in [0.1, 0.15) is 69.6 Å². The fourth-order valence-corrected chi connectivity index (χ4v) is 2.75. The highest BCUT2D eigenvalue weighted by molar-refractivity contribution is 5.98. The van der Waals surface area contributed by atoms with Gasteiger partial charge in [-0.1, -0.05) is 19.9 Å². The van der Waals surface area contributed by atoms with Gasteiger partial charge in [0.15, 0.2) is 0 Å². The maximum Gasteiger partial charge on any atom is 0.251 e. The minimum atomic E-state index is -0.00509. The molecule has 1 N–H and O–H groups in total. The lowest BCUT2D eigenvalue weighted by molar-refractivity contribution is 0.0943. The Morgan fingerprint density at radius 3 is 2.24 bits per heavy atom. The number of carbonyl (C=O) groups is 1. The van der Waals surface area contributed by atoms with Crippen LogP contribution in [0.3, 0.4) is 0 Å². The average Bonchev–Trinajstić information content (AvgIpc) is 2.76. The number of hydrogen-bond donors (Lipinski definition) is 1. The summed E-state index contributed by atoms with van der Waals surface area (Å²) in [6, 6.07) is 8.74. The van der Waals surface area contributed by atoms with Crippen LogP contribution < -0.4 is 5.32 Å². The van der Waals surface area contributed by atoms with Crippen LogP contribution in [0.25, 0.3) is 10.9 Å². The summed E-state index contributed by atoms with van der Waals surface area (Å²) in [6.45, 7) is 12.7. The molecule has 0 aliphatic heterocycles. The summed E-state index contributed by atoms with van der Waals surface area (Å²) in [7, 11) is 0. The van der Waals surface area contributed by atoms with Crippen molar-refractivity contribution in [2.75, 3.05) is 0 Å². The monoisotopic (exact) mass is 286 g/mol. The zero-order chi connectivity index (χ0) is 15.7. The molecule has 0 saturated carbocycles. The standard InChI is InChI=1S/C18H26N2O/c1-11(2)16-9-14-7-8-15(18(21)19-12(3)4)10-17(14)20(16)13(5)6/h7-13H,1-6H3,(H,19,21). The van der Waals surface area contributed by atoms with E-state index in [1.807, 2.05) is 26.0 Å². The van der Waals surface area contributed by atoms with Gasteiger partial charge in [0, 0.05) is 28.9 Å². The lowest BCUT2D eigenvalue weighted by Crippen LogP contribution is -2.30. The van der Waals surface area contributed by atoms with E-state index in [1.54, 1.807) is 0 Å². The molecule has 1 aromatic carbocycles. The van der Waals surface area contributed by atoms with Gasteiger partial charge in [0.05, 0.1) is 0 Å². The number of nitrogens with one attached hydrogen (secondary N) is 1. The van der Waals surface area contributed by atoms with E-state index in [-0.39, 0.29) is 11.9 Å². The lowest BCUT2D eigenvalue weighted by atomic mass is 10.1. The number of carbonyl (C=O) groups excluding carboxylic acids is 1. The summed E-state index contributed by atoms with van der Waals surface area (Å²) >= 11 is 0. The molecule has 0 atom stereocenters. The molecule has 3 nitrogen and oxygen atoms in total. The van der Waals surface area contributed by atoms with Gasteiger partial charge >= 0.3 is 0 Å². The van der Waals surface area contributed by atoms with Gasteiger partial charge in [0.1, 0.15) is 0 Å². The highest BCUT2D eigenvalue weighted by Gasteiger charge is 2.16. The van der Waals surface area contributed by atoms with Crippen molar-refractivity contribution < 1.29 is 4.79 Å². The molecule has 1 aromatic heterocycles. The minimum Gasteiger partial charge on any atom is -0.350 e. The SMILES string of the molecule is CC(C)NC(=O)c1ccc2cc(C(C)C)n(C(C)C)c2c1. The second-order valence-corrected chi connectivity index (χ2v) is 6.59. The number of hydrogen-bond acceptors (Lipinski definition) is 1. The highest BCUT2D eigenvalue weighted by Crippen LogP contribution is 2.29. The maximum atomic E-state index is 12.2. The van der Waals surface area contributed by atoms with E-state index in [1.165, 1.54) is 11.1 Å². The number of aromatic nitrogens is 1. The Labute approximate surface area is 127 Å². The Kier molecular flexibility index (Phi) is 4.40. The number of rotatable bonds is 4. The average molecular weight is 286 g/mol. The molecule has 0 aliphatic rings. The molecule has 0 fully saturated rings. The van der Waals surface area contributed by atoms with Gasteiger partial charge in [-0.2, -0.15) is 0 Å². The lowest BCUT2D eigenvalue weighted by Gasteiger charge is -2.17. The molecule has 2 aromatic rings. The fraction of sp³-hybridized carbons (Fsp3) is 0.500. The van der Waals surface area contributed by atoms with Gasteiger partial charge in [-0.15, -0.1) is 0 Å². The predicted molar refractivity (Wildman–Crippen MR) is 89.0 cm³/mol. The van der Waals surface area contributed by atoms with Crippen molar-refractivity contribution in [3.63, 3.8) is 0 Å². The zero-order valence-corrected chi connectivity index (χ0v) is 13.9. The third-order valence-electron chi connectivity index (χ3n) is 3.66. The minimum absolute atomic E-state index is 0.00509. The largest absolute Gasteiger partial charge is 0.350 e. The Hall–Kier alpha value is -1.77. The van der Waals surface area contributed by atoms with E-state index in [0.717, 1.165) is 11.1 Å². The molecule has 1 amide bonds. The predicted octanol–water partition coefficient (Wildman–Crippen LogP) is 4.48. The molecule has 0 bridgehead atoms. The van der Waals surface area contributed by atoms with Gasteiger partial charge in [0.2, 0.25) is 0 Å². The topological polar surface area (TPSA) is 34.0 Å².